The lowest BCUT2D eigenvalue weighted by molar-refractivity contribution is 0.100. The molecule has 3 heterocycles. The minimum Gasteiger partial charge on any atom is -0.365 e. The lowest BCUT2D eigenvalue weighted by atomic mass is 10.0. The maximum Gasteiger partial charge on any atom is 0.322 e. The topological polar surface area (TPSA) is 129 Å². The number of nitrogens with two attached hydrogens (primary N) is 1. The zero-order valence-corrected chi connectivity index (χ0v) is 18.3. The van der Waals surface area contributed by atoms with Crippen LogP contribution in [0.25, 0.3) is 11.3 Å². The number of hydrogen-bond acceptors (Lipinski definition) is 5. The second kappa shape index (κ2) is 9.07. The largest absolute Gasteiger partial charge is 0.365 e. The fraction of sp³-hybridized carbons (Fsp3) is 0.120. The first-order chi connectivity index (χ1) is 16.6. The van der Waals surface area contributed by atoms with Gasteiger partial charge in [-0.15, -0.1) is 0 Å². The number of hydrogen-bond donors (Lipinski definition) is 4. The van der Waals surface area contributed by atoms with E-state index in [1.54, 1.807) is 47.5 Å². The standard InChI is InChI=1S/C25H23N7O2/c26-23(33)21-22(30-31-24(21)29-20-7-3-4-13-27-20)17-8-10-19(11-9-17)28-25(34)32-14-12-16-5-1-2-6-18(16)15-32/h1-11,13H,12,14-15H2,(H2,26,33)(H,28,34)(H2,27,29,30,31). The third-order valence-corrected chi connectivity index (χ3v) is 5.77. The van der Waals surface area contributed by atoms with E-state index < -0.39 is 5.91 Å². The second-order valence-electron chi connectivity index (χ2n) is 7.97. The molecule has 0 saturated heterocycles. The normalized spacial score (nSPS) is 12.6. The molecule has 0 unspecified atom stereocenters. The number of pyridine rings is 1. The number of aromatic amines is 1. The molecule has 3 amide bonds. The zero-order valence-electron chi connectivity index (χ0n) is 18.3. The molecule has 0 spiro atoms. The molecule has 0 fully saturated rings. The van der Waals surface area contributed by atoms with Crippen molar-refractivity contribution in [1.29, 1.82) is 0 Å². The van der Waals surface area contributed by atoms with Crippen molar-refractivity contribution in [2.75, 3.05) is 17.2 Å². The van der Waals surface area contributed by atoms with Crippen molar-refractivity contribution in [3.05, 3.63) is 89.6 Å². The first-order valence-electron chi connectivity index (χ1n) is 10.9. The summed E-state index contributed by atoms with van der Waals surface area (Å²) in [5.74, 6) is 0.218. The molecular formula is C25H23N7O2. The molecule has 4 aromatic rings. The van der Waals surface area contributed by atoms with Gasteiger partial charge < -0.3 is 21.3 Å². The SMILES string of the molecule is NC(=O)c1c(Nc2ccccn2)n[nH]c1-c1ccc(NC(=O)N2CCc3ccccc3C2)cc1. The molecule has 2 aromatic heterocycles. The van der Waals surface area contributed by atoms with Gasteiger partial charge in [0.25, 0.3) is 5.91 Å². The maximum atomic E-state index is 12.8. The molecule has 34 heavy (non-hydrogen) atoms. The third-order valence-electron chi connectivity index (χ3n) is 5.77. The number of carbonyl (C=O) groups is 2. The average molecular weight is 454 g/mol. The van der Waals surface area contributed by atoms with Gasteiger partial charge in [0.2, 0.25) is 0 Å². The summed E-state index contributed by atoms with van der Waals surface area (Å²) in [7, 11) is 0. The van der Waals surface area contributed by atoms with Crippen LogP contribution in [-0.4, -0.2) is 38.6 Å². The van der Waals surface area contributed by atoms with E-state index in [1.807, 2.05) is 18.2 Å². The Labute approximate surface area is 196 Å². The van der Waals surface area contributed by atoms with Crippen LogP contribution in [0.3, 0.4) is 0 Å². The highest BCUT2D eigenvalue weighted by atomic mass is 16.2. The van der Waals surface area contributed by atoms with Crippen molar-refractivity contribution >= 4 is 29.3 Å². The number of aromatic nitrogens is 3. The monoisotopic (exact) mass is 453 g/mol. The third kappa shape index (κ3) is 4.31. The number of carbonyl (C=O) groups excluding carboxylic acids is 2. The number of fused-ring (bicyclic) bond motifs is 1. The first-order valence-corrected chi connectivity index (χ1v) is 10.9. The average Bonchev–Trinajstić information content (AvgIpc) is 3.28. The molecule has 2 aromatic carbocycles. The predicted octanol–water partition coefficient (Wildman–Crippen LogP) is 3.90. The first kappa shape index (κ1) is 21.2. The number of amides is 3. The van der Waals surface area contributed by atoms with Gasteiger partial charge in [0.1, 0.15) is 11.4 Å². The van der Waals surface area contributed by atoms with E-state index in [4.69, 9.17) is 5.73 Å². The summed E-state index contributed by atoms with van der Waals surface area (Å²) < 4.78 is 0. The number of H-pyrrole nitrogens is 1. The summed E-state index contributed by atoms with van der Waals surface area (Å²) in [5, 5.41) is 13.0. The summed E-state index contributed by atoms with van der Waals surface area (Å²) in [6, 6.07) is 20.6. The van der Waals surface area contributed by atoms with Crippen LogP contribution in [0, 0.1) is 0 Å². The van der Waals surface area contributed by atoms with Gasteiger partial charge in [0.15, 0.2) is 5.82 Å². The molecule has 170 valence electrons. The van der Waals surface area contributed by atoms with Gasteiger partial charge in [-0.05, 0) is 41.8 Å². The molecule has 0 saturated carbocycles. The number of urea groups is 1. The Hall–Kier alpha value is -4.66. The van der Waals surface area contributed by atoms with Crippen LogP contribution >= 0.6 is 0 Å². The van der Waals surface area contributed by atoms with E-state index in [2.05, 4.69) is 37.9 Å². The molecule has 0 atom stereocenters. The summed E-state index contributed by atoms with van der Waals surface area (Å²) in [5.41, 5.74) is 10.2. The van der Waals surface area contributed by atoms with Crippen LogP contribution in [-0.2, 0) is 13.0 Å². The van der Waals surface area contributed by atoms with Crippen LogP contribution in [0.15, 0.2) is 72.9 Å². The lowest BCUT2D eigenvalue weighted by Crippen LogP contribution is -2.38. The Bertz CT molecular complexity index is 1330. The van der Waals surface area contributed by atoms with Crippen molar-refractivity contribution in [3.63, 3.8) is 0 Å². The van der Waals surface area contributed by atoms with Crippen LogP contribution in [0.5, 0.6) is 0 Å². The molecule has 5 rings (SSSR count). The zero-order chi connectivity index (χ0) is 23.5. The Morgan fingerprint density at radius 1 is 0.971 bits per heavy atom. The Kier molecular flexibility index (Phi) is 5.65. The number of nitrogens with zero attached hydrogens (tertiary/aromatic N) is 3. The second-order valence-corrected chi connectivity index (χ2v) is 7.97. The molecule has 0 aliphatic carbocycles. The smallest absolute Gasteiger partial charge is 0.322 e. The van der Waals surface area contributed by atoms with Gasteiger partial charge in [-0.25, -0.2) is 9.78 Å². The summed E-state index contributed by atoms with van der Waals surface area (Å²) >= 11 is 0. The van der Waals surface area contributed by atoms with Gasteiger partial charge in [-0.1, -0.05) is 42.5 Å². The molecule has 0 radical (unpaired) electrons. The highest BCUT2D eigenvalue weighted by Crippen LogP contribution is 2.29. The molecular weight excluding hydrogens is 430 g/mol. The highest BCUT2D eigenvalue weighted by molar-refractivity contribution is 6.04. The molecule has 9 nitrogen and oxygen atoms in total. The highest BCUT2D eigenvalue weighted by Gasteiger charge is 2.22. The maximum absolute atomic E-state index is 12.8. The predicted molar refractivity (Wildman–Crippen MR) is 130 cm³/mol. The Balaban J connectivity index is 1.31. The summed E-state index contributed by atoms with van der Waals surface area (Å²) in [6.07, 6.45) is 2.47. The van der Waals surface area contributed by atoms with Crippen molar-refractivity contribution < 1.29 is 9.59 Å². The van der Waals surface area contributed by atoms with E-state index in [-0.39, 0.29) is 11.6 Å². The number of benzene rings is 2. The Morgan fingerprint density at radius 3 is 2.47 bits per heavy atom. The number of nitrogens with one attached hydrogen (secondary N) is 3. The van der Waals surface area contributed by atoms with Crippen LogP contribution in [0.2, 0.25) is 0 Å². The van der Waals surface area contributed by atoms with Crippen LogP contribution in [0.4, 0.5) is 22.1 Å². The molecule has 5 N–H and O–H groups in total. The van der Waals surface area contributed by atoms with E-state index in [0.29, 0.717) is 41.7 Å². The Morgan fingerprint density at radius 2 is 1.74 bits per heavy atom. The minimum atomic E-state index is -0.620. The fourth-order valence-electron chi connectivity index (χ4n) is 4.03. The summed E-state index contributed by atoms with van der Waals surface area (Å²) in [6.45, 7) is 1.26. The minimum absolute atomic E-state index is 0.150. The summed E-state index contributed by atoms with van der Waals surface area (Å²) in [4.78, 5) is 30.9. The number of primary amides is 1. The van der Waals surface area contributed by atoms with Gasteiger partial charge >= 0.3 is 6.03 Å². The molecule has 0 bridgehead atoms. The van der Waals surface area contributed by atoms with Crippen molar-refractivity contribution in [2.24, 2.45) is 5.73 Å². The fourth-order valence-corrected chi connectivity index (χ4v) is 4.03. The van der Waals surface area contributed by atoms with E-state index in [1.165, 1.54) is 11.1 Å². The molecule has 1 aliphatic rings. The van der Waals surface area contributed by atoms with Gasteiger partial charge in [0.05, 0.1) is 5.69 Å². The molecule has 1 aliphatic heterocycles. The van der Waals surface area contributed by atoms with E-state index in [9.17, 15) is 9.59 Å². The number of anilines is 3. The van der Waals surface area contributed by atoms with Crippen molar-refractivity contribution in [3.8, 4) is 11.3 Å². The van der Waals surface area contributed by atoms with Gasteiger partial charge in [-0.3, -0.25) is 9.89 Å². The lowest BCUT2D eigenvalue weighted by Gasteiger charge is -2.29. The quantitative estimate of drug-likeness (QED) is 0.364. The van der Waals surface area contributed by atoms with Crippen LogP contribution in [0.1, 0.15) is 21.5 Å². The van der Waals surface area contributed by atoms with E-state index >= 15 is 0 Å². The number of rotatable bonds is 5. The van der Waals surface area contributed by atoms with Crippen LogP contribution < -0.4 is 16.4 Å². The molecule has 9 heteroatoms. The van der Waals surface area contributed by atoms with Gasteiger partial charge in [0, 0.05) is 30.5 Å². The van der Waals surface area contributed by atoms with Crippen molar-refractivity contribution in [2.45, 2.75) is 13.0 Å². The van der Waals surface area contributed by atoms with Gasteiger partial charge in [-0.2, -0.15) is 5.10 Å². The van der Waals surface area contributed by atoms with Crippen molar-refractivity contribution in [1.82, 2.24) is 20.1 Å². The van der Waals surface area contributed by atoms with E-state index in [0.717, 1.165) is 6.42 Å².